The Kier molecular flexibility index (Phi) is 4.32. The van der Waals surface area contributed by atoms with Gasteiger partial charge in [-0.25, -0.2) is 4.79 Å². The first-order chi connectivity index (χ1) is 9.80. The molecule has 0 saturated heterocycles. The predicted molar refractivity (Wildman–Crippen MR) is 79.9 cm³/mol. The topological polar surface area (TPSA) is 78.4 Å². The molecule has 0 aliphatic carbocycles. The first-order valence-electron chi connectivity index (χ1n) is 7.12. The molecule has 1 aliphatic heterocycles. The molecule has 2 atom stereocenters. The van der Waals surface area contributed by atoms with Crippen molar-refractivity contribution in [2.24, 2.45) is 5.41 Å². The molecule has 0 saturated carbocycles. The van der Waals surface area contributed by atoms with Gasteiger partial charge in [-0.05, 0) is 16.5 Å². The minimum atomic E-state index is -1.01. The molecule has 0 fully saturated rings. The predicted octanol–water partition coefficient (Wildman–Crippen LogP) is 1.49. The number of fused-ring (bicyclic) bond motifs is 1. The van der Waals surface area contributed by atoms with Crippen LogP contribution in [0.25, 0.3) is 0 Å². The molecular weight excluding hydrogens is 268 g/mol. The van der Waals surface area contributed by atoms with Gasteiger partial charge in [0, 0.05) is 13.1 Å². The molecular formula is C16H22N2O3. The SMILES string of the molecule is CC(C)(C)C(NC(=O)C1CNCc2ccccc21)C(=O)O. The van der Waals surface area contributed by atoms with E-state index in [4.69, 9.17) is 0 Å². The van der Waals surface area contributed by atoms with Gasteiger partial charge >= 0.3 is 5.97 Å². The second-order valence-corrected chi connectivity index (χ2v) is 6.53. The normalized spacial score (nSPS) is 19.5. The fraction of sp³-hybridized carbons (Fsp3) is 0.500. The highest BCUT2D eigenvalue weighted by Gasteiger charge is 2.35. The van der Waals surface area contributed by atoms with E-state index in [2.05, 4.69) is 10.6 Å². The number of nitrogens with one attached hydrogen (secondary N) is 2. The van der Waals surface area contributed by atoms with E-state index in [0.717, 1.165) is 17.7 Å². The van der Waals surface area contributed by atoms with Gasteiger partial charge in [-0.2, -0.15) is 0 Å². The van der Waals surface area contributed by atoms with Gasteiger partial charge in [0.2, 0.25) is 5.91 Å². The van der Waals surface area contributed by atoms with E-state index in [-0.39, 0.29) is 11.8 Å². The van der Waals surface area contributed by atoms with Crippen molar-refractivity contribution in [3.05, 3.63) is 35.4 Å². The van der Waals surface area contributed by atoms with Crippen molar-refractivity contribution in [3.63, 3.8) is 0 Å². The summed E-state index contributed by atoms with van der Waals surface area (Å²) in [4.78, 5) is 23.9. The highest BCUT2D eigenvalue weighted by Crippen LogP contribution is 2.25. The number of amides is 1. The van der Waals surface area contributed by atoms with Crippen LogP contribution in [0.2, 0.25) is 0 Å². The second kappa shape index (κ2) is 5.85. The monoisotopic (exact) mass is 290 g/mol. The summed E-state index contributed by atoms with van der Waals surface area (Å²) in [7, 11) is 0. The quantitative estimate of drug-likeness (QED) is 0.788. The van der Waals surface area contributed by atoms with Crippen LogP contribution < -0.4 is 10.6 Å². The molecule has 1 heterocycles. The summed E-state index contributed by atoms with van der Waals surface area (Å²) >= 11 is 0. The number of benzene rings is 1. The average Bonchev–Trinajstić information content (AvgIpc) is 2.42. The summed E-state index contributed by atoms with van der Waals surface area (Å²) in [5.41, 5.74) is 1.53. The second-order valence-electron chi connectivity index (χ2n) is 6.53. The molecule has 3 N–H and O–H groups in total. The van der Waals surface area contributed by atoms with Crippen molar-refractivity contribution in [3.8, 4) is 0 Å². The Morgan fingerprint density at radius 2 is 2.00 bits per heavy atom. The standard InChI is InChI=1S/C16H22N2O3/c1-16(2,3)13(15(20)21)18-14(19)12-9-17-8-10-6-4-5-7-11(10)12/h4-7,12-13,17H,8-9H2,1-3H3,(H,18,19)(H,20,21). The van der Waals surface area contributed by atoms with E-state index in [0.29, 0.717) is 6.54 Å². The molecule has 1 aromatic carbocycles. The van der Waals surface area contributed by atoms with Crippen molar-refractivity contribution in [1.82, 2.24) is 10.6 Å². The summed E-state index contributed by atoms with van der Waals surface area (Å²) < 4.78 is 0. The molecule has 2 unspecified atom stereocenters. The largest absolute Gasteiger partial charge is 0.480 e. The zero-order chi connectivity index (χ0) is 15.6. The third-order valence-corrected chi connectivity index (χ3v) is 3.81. The van der Waals surface area contributed by atoms with Crippen molar-refractivity contribution in [1.29, 1.82) is 0 Å². The molecule has 0 radical (unpaired) electrons. The van der Waals surface area contributed by atoms with E-state index >= 15 is 0 Å². The van der Waals surface area contributed by atoms with Gasteiger partial charge in [-0.3, -0.25) is 4.79 Å². The van der Waals surface area contributed by atoms with Crippen LogP contribution in [0.1, 0.15) is 37.8 Å². The molecule has 1 aliphatic rings. The third kappa shape index (κ3) is 3.42. The Bertz CT molecular complexity index is 549. The summed E-state index contributed by atoms with van der Waals surface area (Å²) in [6.45, 7) is 6.68. The van der Waals surface area contributed by atoms with Gasteiger partial charge in [0.1, 0.15) is 6.04 Å². The number of carbonyl (C=O) groups is 2. The van der Waals surface area contributed by atoms with E-state index in [1.165, 1.54) is 0 Å². The first kappa shape index (κ1) is 15.5. The van der Waals surface area contributed by atoms with Crippen molar-refractivity contribution >= 4 is 11.9 Å². The van der Waals surface area contributed by atoms with Gasteiger partial charge < -0.3 is 15.7 Å². The van der Waals surface area contributed by atoms with Crippen LogP contribution in [0.5, 0.6) is 0 Å². The smallest absolute Gasteiger partial charge is 0.326 e. The Labute approximate surface area is 124 Å². The number of carbonyl (C=O) groups excluding carboxylic acids is 1. The Morgan fingerprint density at radius 1 is 1.33 bits per heavy atom. The maximum atomic E-state index is 12.5. The van der Waals surface area contributed by atoms with Crippen LogP contribution in [0.3, 0.4) is 0 Å². The molecule has 1 amide bonds. The highest BCUT2D eigenvalue weighted by atomic mass is 16.4. The average molecular weight is 290 g/mol. The van der Waals surface area contributed by atoms with E-state index < -0.39 is 17.4 Å². The van der Waals surface area contributed by atoms with E-state index in [9.17, 15) is 14.7 Å². The maximum absolute atomic E-state index is 12.5. The van der Waals surface area contributed by atoms with Crippen molar-refractivity contribution < 1.29 is 14.7 Å². The lowest BCUT2D eigenvalue weighted by Crippen LogP contribution is -2.51. The lowest BCUT2D eigenvalue weighted by Gasteiger charge is -2.31. The number of carboxylic acids is 1. The molecule has 21 heavy (non-hydrogen) atoms. The molecule has 5 nitrogen and oxygen atoms in total. The number of aliphatic carboxylic acids is 1. The summed E-state index contributed by atoms with van der Waals surface area (Å²) in [5.74, 6) is -1.59. The number of rotatable bonds is 3. The van der Waals surface area contributed by atoms with Crippen LogP contribution in [0, 0.1) is 5.41 Å². The molecule has 5 heteroatoms. The van der Waals surface area contributed by atoms with Gasteiger partial charge in [0.05, 0.1) is 5.92 Å². The van der Waals surface area contributed by atoms with Crippen LogP contribution in [0.4, 0.5) is 0 Å². The Morgan fingerprint density at radius 3 is 2.62 bits per heavy atom. The molecule has 0 bridgehead atoms. The molecule has 1 aromatic rings. The first-order valence-corrected chi connectivity index (χ1v) is 7.12. The Balaban J connectivity index is 2.20. The molecule has 114 valence electrons. The zero-order valence-corrected chi connectivity index (χ0v) is 12.6. The number of hydrogen-bond acceptors (Lipinski definition) is 3. The fourth-order valence-corrected chi connectivity index (χ4v) is 2.62. The number of hydrogen-bond donors (Lipinski definition) is 3. The zero-order valence-electron chi connectivity index (χ0n) is 12.6. The highest BCUT2D eigenvalue weighted by molar-refractivity contribution is 5.89. The maximum Gasteiger partial charge on any atom is 0.326 e. The number of carboxylic acid groups (broad SMARTS) is 1. The van der Waals surface area contributed by atoms with Crippen LogP contribution in [0.15, 0.2) is 24.3 Å². The van der Waals surface area contributed by atoms with Crippen LogP contribution >= 0.6 is 0 Å². The molecule has 0 aromatic heterocycles. The van der Waals surface area contributed by atoms with E-state index in [1.54, 1.807) is 20.8 Å². The fourth-order valence-electron chi connectivity index (χ4n) is 2.62. The minimum absolute atomic E-state index is 0.239. The van der Waals surface area contributed by atoms with Gasteiger partial charge in [0.15, 0.2) is 0 Å². The van der Waals surface area contributed by atoms with Crippen molar-refractivity contribution in [2.75, 3.05) is 6.54 Å². The third-order valence-electron chi connectivity index (χ3n) is 3.81. The summed E-state index contributed by atoms with van der Waals surface area (Å²) in [6, 6.07) is 6.87. The molecule has 2 rings (SSSR count). The van der Waals surface area contributed by atoms with Gasteiger partial charge in [0.25, 0.3) is 0 Å². The summed E-state index contributed by atoms with van der Waals surface area (Å²) in [6.07, 6.45) is 0. The molecule has 0 spiro atoms. The van der Waals surface area contributed by atoms with Crippen molar-refractivity contribution in [2.45, 2.75) is 39.3 Å². The van der Waals surface area contributed by atoms with Gasteiger partial charge in [-0.15, -0.1) is 0 Å². The Hall–Kier alpha value is -1.88. The van der Waals surface area contributed by atoms with Crippen LogP contribution in [-0.4, -0.2) is 29.6 Å². The lowest BCUT2D eigenvalue weighted by molar-refractivity contribution is -0.145. The van der Waals surface area contributed by atoms with Gasteiger partial charge in [-0.1, -0.05) is 45.0 Å². The minimum Gasteiger partial charge on any atom is -0.480 e. The van der Waals surface area contributed by atoms with Crippen LogP contribution in [-0.2, 0) is 16.1 Å². The van der Waals surface area contributed by atoms with E-state index in [1.807, 2.05) is 24.3 Å². The summed E-state index contributed by atoms with van der Waals surface area (Å²) in [5, 5.41) is 15.2. The lowest BCUT2D eigenvalue weighted by atomic mass is 9.85.